The van der Waals surface area contributed by atoms with Gasteiger partial charge in [0.25, 0.3) is 0 Å². The van der Waals surface area contributed by atoms with Gasteiger partial charge in [-0.15, -0.1) is 0 Å². The first-order valence-electron chi connectivity index (χ1n) is 7.68. The van der Waals surface area contributed by atoms with Gasteiger partial charge in [0.15, 0.2) is 0 Å². The zero-order valence-electron chi connectivity index (χ0n) is 12.2. The maximum absolute atomic E-state index is 9.84. The molecule has 0 amide bonds. The molecule has 2 aliphatic heterocycles. The molecule has 3 rings (SSSR count). The maximum atomic E-state index is 9.84. The smallest absolute Gasteiger partial charge is 0.0741 e. The zero-order valence-corrected chi connectivity index (χ0v) is 12.2. The third kappa shape index (κ3) is 2.56. The van der Waals surface area contributed by atoms with Gasteiger partial charge in [-0.3, -0.25) is 0 Å². The van der Waals surface area contributed by atoms with Gasteiger partial charge in [0.05, 0.1) is 11.7 Å². The van der Waals surface area contributed by atoms with Crippen LogP contribution in [0, 0.1) is 5.41 Å². The summed E-state index contributed by atoms with van der Waals surface area (Å²) in [5, 5.41) is 13.6. The van der Waals surface area contributed by atoms with E-state index in [1.165, 1.54) is 0 Å². The molecule has 2 heterocycles. The van der Waals surface area contributed by atoms with Crippen molar-refractivity contribution in [2.75, 3.05) is 19.8 Å². The summed E-state index contributed by atoms with van der Waals surface area (Å²) >= 11 is 0. The minimum absolute atomic E-state index is 0.0150. The molecule has 3 fully saturated rings. The topological polar surface area (TPSA) is 50.7 Å². The van der Waals surface area contributed by atoms with Crippen LogP contribution in [0.1, 0.15) is 46.0 Å². The van der Waals surface area contributed by atoms with Gasteiger partial charge in [-0.1, -0.05) is 13.8 Å². The summed E-state index contributed by atoms with van der Waals surface area (Å²) < 4.78 is 11.5. The minimum atomic E-state index is -0.151. The van der Waals surface area contributed by atoms with Crippen LogP contribution < -0.4 is 5.32 Å². The fraction of sp³-hybridized carbons (Fsp3) is 1.00. The number of nitrogens with one attached hydrogen (secondary N) is 1. The van der Waals surface area contributed by atoms with Crippen LogP contribution in [0.5, 0.6) is 0 Å². The van der Waals surface area contributed by atoms with Gasteiger partial charge in [-0.05, 0) is 32.1 Å². The van der Waals surface area contributed by atoms with Gasteiger partial charge in [-0.25, -0.2) is 0 Å². The fourth-order valence-electron chi connectivity index (χ4n) is 3.73. The van der Waals surface area contributed by atoms with E-state index < -0.39 is 0 Å². The SMILES string of the molecule is CC1(C)C(O)CC1NC1CCOC2(CCOCC2)C1. The highest BCUT2D eigenvalue weighted by Gasteiger charge is 2.49. The Morgan fingerprint density at radius 3 is 2.53 bits per heavy atom. The van der Waals surface area contributed by atoms with Crippen LogP contribution in [0.15, 0.2) is 0 Å². The standard InChI is InChI=1S/C15H27NO3/c1-14(2)12(9-13(14)17)16-11-3-6-19-15(10-11)4-7-18-8-5-15/h11-13,16-17H,3-10H2,1-2H3. The highest BCUT2D eigenvalue weighted by atomic mass is 16.5. The van der Waals surface area contributed by atoms with E-state index in [1.807, 2.05) is 0 Å². The Morgan fingerprint density at radius 1 is 1.16 bits per heavy atom. The summed E-state index contributed by atoms with van der Waals surface area (Å²) in [7, 11) is 0. The molecular weight excluding hydrogens is 242 g/mol. The van der Waals surface area contributed by atoms with Gasteiger partial charge in [0.1, 0.15) is 0 Å². The van der Waals surface area contributed by atoms with Crippen molar-refractivity contribution in [1.29, 1.82) is 0 Å². The molecule has 2 saturated heterocycles. The lowest BCUT2D eigenvalue weighted by molar-refractivity contribution is -0.147. The molecule has 0 bridgehead atoms. The Labute approximate surface area is 115 Å². The Bertz CT molecular complexity index is 320. The second-order valence-electron chi connectivity index (χ2n) is 7.13. The van der Waals surface area contributed by atoms with Crippen molar-refractivity contribution in [2.24, 2.45) is 5.41 Å². The summed E-state index contributed by atoms with van der Waals surface area (Å²) in [6.45, 7) is 6.83. The first kappa shape index (κ1) is 13.8. The van der Waals surface area contributed by atoms with Crippen molar-refractivity contribution in [2.45, 2.75) is 69.7 Å². The number of hydrogen-bond donors (Lipinski definition) is 2. The highest BCUT2D eigenvalue weighted by molar-refractivity contribution is 5.04. The third-order valence-corrected chi connectivity index (χ3v) is 5.55. The first-order chi connectivity index (χ1) is 9.02. The number of aliphatic hydroxyl groups is 1. The fourth-order valence-corrected chi connectivity index (χ4v) is 3.73. The van der Waals surface area contributed by atoms with Crippen molar-refractivity contribution >= 4 is 0 Å². The van der Waals surface area contributed by atoms with E-state index in [0.717, 1.165) is 51.9 Å². The summed E-state index contributed by atoms with van der Waals surface area (Å²) in [5.41, 5.74) is 0.0712. The van der Waals surface area contributed by atoms with E-state index in [0.29, 0.717) is 12.1 Å². The average Bonchev–Trinajstić information content (AvgIpc) is 2.39. The van der Waals surface area contributed by atoms with Crippen LogP contribution in [0.25, 0.3) is 0 Å². The summed E-state index contributed by atoms with van der Waals surface area (Å²) in [5.74, 6) is 0. The normalized spacial score (nSPS) is 40.9. The van der Waals surface area contributed by atoms with E-state index in [1.54, 1.807) is 0 Å². The molecule has 110 valence electrons. The van der Waals surface area contributed by atoms with Crippen LogP contribution in [0.3, 0.4) is 0 Å². The number of hydrogen-bond acceptors (Lipinski definition) is 4. The maximum Gasteiger partial charge on any atom is 0.0741 e. The second-order valence-corrected chi connectivity index (χ2v) is 7.13. The van der Waals surface area contributed by atoms with Gasteiger partial charge in [-0.2, -0.15) is 0 Å². The van der Waals surface area contributed by atoms with Crippen LogP contribution in [0.2, 0.25) is 0 Å². The van der Waals surface area contributed by atoms with E-state index in [4.69, 9.17) is 9.47 Å². The van der Waals surface area contributed by atoms with Gasteiger partial charge in [0, 0.05) is 37.3 Å². The summed E-state index contributed by atoms with van der Waals surface area (Å²) in [6, 6.07) is 0.978. The molecule has 1 aliphatic carbocycles. The molecule has 4 heteroatoms. The lowest BCUT2D eigenvalue weighted by atomic mass is 9.64. The third-order valence-electron chi connectivity index (χ3n) is 5.55. The van der Waals surface area contributed by atoms with Crippen LogP contribution in [0.4, 0.5) is 0 Å². The molecule has 1 saturated carbocycles. The van der Waals surface area contributed by atoms with Crippen LogP contribution in [-0.2, 0) is 9.47 Å². The highest BCUT2D eigenvalue weighted by Crippen LogP contribution is 2.42. The lowest BCUT2D eigenvalue weighted by Crippen LogP contribution is -2.63. The Morgan fingerprint density at radius 2 is 1.89 bits per heavy atom. The van der Waals surface area contributed by atoms with Gasteiger partial charge < -0.3 is 19.9 Å². The number of rotatable bonds is 2. The molecule has 1 spiro atoms. The van der Waals surface area contributed by atoms with Gasteiger partial charge >= 0.3 is 0 Å². The quantitative estimate of drug-likeness (QED) is 0.797. The molecule has 0 radical (unpaired) electrons. The van der Waals surface area contributed by atoms with Gasteiger partial charge in [0.2, 0.25) is 0 Å². The van der Waals surface area contributed by atoms with E-state index in [9.17, 15) is 5.11 Å². The molecule has 0 aromatic carbocycles. The monoisotopic (exact) mass is 269 g/mol. The van der Waals surface area contributed by atoms with E-state index >= 15 is 0 Å². The summed E-state index contributed by atoms with van der Waals surface area (Å²) in [4.78, 5) is 0. The zero-order chi connectivity index (χ0) is 13.5. The number of aliphatic hydroxyl groups excluding tert-OH is 1. The minimum Gasteiger partial charge on any atom is -0.392 e. The summed E-state index contributed by atoms with van der Waals surface area (Å²) in [6.07, 6.45) is 4.98. The molecule has 0 aromatic heterocycles. The molecule has 3 aliphatic rings. The molecule has 19 heavy (non-hydrogen) atoms. The predicted octanol–water partition coefficient (Wildman–Crippen LogP) is 1.46. The molecule has 3 atom stereocenters. The Balaban J connectivity index is 1.57. The Hall–Kier alpha value is -0.160. The molecule has 0 aromatic rings. The van der Waals surface area contributed by atoms with Crippen LogP contribution >= 0.6 is 0 Å². The van der Waals surface area contributed by atoms with Crippen molar-refractivity contribution in [3.63, 3.8) is 0 Å². The largest absolute Gasteiger partial charge is 0.392 e. The van der Waals surface area contributed by atoms with E-state index in [-0.39, 0.29) is 17.1 Å². The molecule has 2 N–H and O–H groups in total. The van der Waals surface area contributed by atoms with E-state index in [2.05, 4.69) is 19.2 Å². The molecule has 3 unspecified atom stereocenters. The lowest BCUT2D eigenvalue weighted by Gasteiger charge is -2.52. The Kier molecular flexibility index (Phi) is 3.63. The first-order valence-corrected chi connectivity index (χ1v) is 7.68. The van der Waals surface area contributed by atoms with Crippen molar-refractivity contribution in [3.05, 3.63) is 0 Å². The number of ether oxygens (including phenoxy) is 2. The second kappa shape index (κ2) is 4.99. The average molecular weight is 269 g/mol. The van der Waals surface area contributed by atoms with Crippen molar-refractivity contribution < 1.29 is 14.6 Å². The molecule has 4 nitrogen and oxygen atoms in total. The van der Waals surface area contributed by atoms with Crippen LogP contribution in [-0.4, -0.2) is 48.7 Å². The predicted molar refractivity (Wildman–Crippen MR) is 73.1 cm³/mol. The van der Waals surface area contributed by atoms with Crippen molar-refractivity contribution in [3.8, 4) is 0 Å². The van der Waals surface area contributed by atoms with Crippen molar-refractivity contribution in [1.82, 2.24) is 5.32 Å². The molecular formula is C15H27NO3.